The van der Waals surface area contributed by atoms with Crippen LogP contribution in [0.15, 0.2) is 24.8 Å². The van der Waals surface area contributed by atoms with Crippen LogP contribution in [0.4, 0.5) is 0 Å². The van der Waals surface area contributed by atoms with Crippen LogP contribution in [0.1, 0.15) is 42.3 Å². The van der Waals surface area contributed by atoms with Crippen molar-refractivity contribution >= 4 is 11.8 Å². The van der Waals surface area contributed by atoms with Gasteiger partial charge in [-0.25, -0.2) is 0 Å². The minimum atomic E-state index is -0.856. The Morgan fingerprint density at radius 2 is 1.80 bits per heavy atom. The van der Waals surface area contributed by atoms with Gasteiger partial charge in [-0.05, 0) is 25.1 Å². The normalized spacial score (nSPS) is 11.5. The Kier molecular flexibility index (Phi) is 8.66. The van der Waals surface area contributed by atoms with Gasteiger partial charge in [0.2, 0.25) is 0 Å². The Morgan fingerprint density at radius 1 is 1.16 bits per heavy atom. The highest BCUT2D eigenvalue weighted by Crippen LogP contribution is 2.40. The summed E-state index contributed by atoms with van der Waals surface area (Å²) in [6, 6.07) is 3.17. The van der Waals surface area contributed by atoms with Crippen molar-refractivity contribution in [2.75, 3.05) is 27.8 Å². The molecule has 0 N–H and O–H groups in total. The van der Waals surface area contributed by atoms with Crippen molar-refractivity contribution in [3.05, 3.63) is 35.9 Å². The van der Waals surface area contributed by atoms with Gasteiger partial charge in [0, 0.05) is 20.6 Å². The van der Waals surface area contributed by atoms with Crippen LogP contribution in [-0.4, -0.2) is 39.6 Å². The number of Topliss-reactive ketones (excluding diaryl/α,β-unsaturated/α-hetero) is 1. The summed E-state index contributed by atoms with van der Waals surface area (Å²) < 4.78 is 26.4. The van der Waals surface area contributed by atoms with Crippen LogP contribution in [0.5, 0.6) is 11.5 Å². The van der Waals surface area contributed by atoms with Crippen molar-refractivity contribution in [3.63, 3.8) is 0 Å². The fourth-order valence-corrected chi connectivity index (χ4v) is 2.10. The number of hydrogen-bond donors (Lipinski definition) is 0. The molecule has 1 aromatic carbocycles. The van der Waals surface area contributed by atoms with Gasteiger partial charge in [0.1, 0.15) is 11.5 Å². The molecular weight excluding hydrogens is 328 g/mol. The van der Waals surface area contributed by atoms with Crippen LogP contribution in [0, 0.1) is 0 Å². The highest BCUT2D eigenvalue weighted by atomic mass is 16.7. The van der Waals surface area contributed by atoms with Gasteiger partial charge in [-0.1, -0.05) is 13.5 Å². The van der Waals surface area contributed by atoms with E-state index in [0.717, 1.165) is 0 Å². The van der Waals surface area contributed by atoms with E-state index in [1.54, 1.807) is 19.1 Å². The summed E-state index contributed by atoms with van der Waals surface area (Å²) in [5.41, 5.74) is 0.690. The van der Waals surface area contributed by atoms with Gasteiger partial charge in [-0.15, -0.1) is 0 Å². The number of benzene rings is 1. The highest BCUT2D eigenvalue weighted by Gasteiger charge is 2.26. The number of methoxy groups -OCH3 is 2. The first-order valence-electron chi connectivity index (χ1n) is 7.73. The van der Waals surface area contributed by atoms with Crippen molar-refractivity contribution in [1.82, 2.24) is 0 Å². The Morgan fingerprint density at radius 3 is 2.32 bits per heavy atom. The molecule has 1 unspecified atom stereocenters. The molecule has 0 amide bonds. The summed E-state index contributed by atoms with van der Waals surface area (Å²) in [5.74, 6) is -0.0627. The highest BCUT2D eigenvalue weighted by molar-refractivity contribution is 5.97. The van der Waals surface area contributed by atoms with Crippen molar-refractivity contribution in [1.29, 1.82) is 0 Å². The SMILES string of the molecule is C=CC(OC(=O)CC)c1c(OCOC)ccc(C(C)=O)c1OCOC. The minimum Gasteiger partial charge on any atom is -0.467 e. The molecule has 1 aromatic rings. The average molecular weight is 352 g/mol. The number of hydrogen-bond acceptors (Lipinski definition) is 7. The zero-order valence-corrected chi connectivity index (χ0v) is 15.0. The van der Waals surface area contributed by atoms with E-state index in [1.165, 1.54) is 27.2 Å². The molecule has 0 spiro atoms. The number of esters is 1. The van der Waals surface area contributed by atoms with Crippen LogP contribution >= 0.6 is 0 Å². The first-order chi connectivity index (χ1) is 12.0. The standard InChI is InChI=1S/C18H24O7/c1-6-14(25-16(20)7-2)17-15(23-10-21-4)9-8-13(12(3)19)18(17)24-11-22-5/h6,8-9,14H,1,7,10-11H2,2-5H3. The lowest BCUT2D eigenvalue weighted by Crippen LogP contribution is -2.15. The lowest BCUT2D eigenvalue weighted by atomic mass is 10.00. The van der Waals surface area contributed by atoms with Gasteiger partial charge in [0.15, 0.2) is 25.5 Å². The Balaban J connectivity index is 3.51. The van der Waals surface area contributed by atoms with E-state index in [4.69, 9.17) is 23.7 Å². The van der Waals surface area contributed by atoms with E-state index in [1.807, 2.05) is 0 Å². The van der Waals surface area contributed by atoms with Gasteiger partial charge >= 0.3 is 5.97 Å². The van der Waals surface area contributed by atoms with E-state index in [-0.39, 0.29) is 31.5 Å². The van der Waals surface area contributed by atoms with E-state index in [2.05, 4.69) is 6.58 Å². The molecule has 0 aromatic heterocycles. The molecule has 0 aliphatic carbocycles. The van der Waals surface area contributed by atoms with Crippen LogP contribution in [0.3, 0.4) is 0 Å². The molecule has 0 bridgehead atoms. The Bertz CT molecular complexity index is 610. The van der Waals surface area contributed by atoms with Crippen LogP contribution < -0.4 is 9.47 Å². The maximum absolute atomic E-state index is 12.0. The summed E-state index contributed by atoms with van der Waals surface area (Å²) in [6.45, 7) is 6.68. The van der Waals surface area contributed by atoms with Crippen molar-refractivity contribution in [2.24, 2.45) is 0 Å². The minimum absolute atomic E-state index is 0.0261. The van der Waals surface area contributed by atoms with Gasteiger partial charge in [0.05, 0.1) is 11.1 Å². The molecule has 7 nitrogen and oxygen atoms in total. The second-order valence-corrected chi connectivity index (χ2v) is 5.01. The molecule has 25 heavy (non-hydrogen) atoms. The van der Waals surface area contributed by atoms with E-state index >= 15 is 0 Å². The molecule has 138 valence electrons. The molecule has 0 saturated heterocycles. The van der Waals surface area contributed by atoms with Gasteiger partial charge in [0.25, 0.3) is 0 Å². The third kappa shape index (κ3) is 5.58. The molecule has 0 saturated carbocycles. The first kappa shape index (κ1) is 20.7. The number of rotatable bonds is 11. The van der Waals surface area contributed by atoms with Crippen LogP contribution in [0.25, 0.3) is 0 Å². The number of carbonyl (C=O) groups excluding carboxylic acids is 2. The second kappa shape index (κ2) is 10.5. The van der Waals surface area contributed by atoms with Gasteiger partial charge in [-0.2, -0.15) is 0 Å². The number of ether oxygens (including phenoxy) is 5. The molecule has 0 fully saturated rings. The van der Waals surface area contributed by atoms with Crippen molar-refractivity contribution < 1.29 is 33.3 Å². The molecule has 0 aliphatic rings. The lowest BCUT2D eigenvalue weighted by Gasteiger charge is -2.22. The smallest absolute Gasteiger partial charge is 0.306 e. The Hall–Kier alpha value is -2.38. The largest absolute Gasteiger partial charge is 0.467 e. The van der Waals surface area contributed by atoms with Crippen molar-refractivity contribution in [2.45, 2.75) is 26.4 Å². The first-order valence-corrected chi connectivity index (χ1v) is 7.73. The fourth-order valence-electron chi connectivity index (χ4n) is 2.10. The summed E-state index contributed by atoms with van der Waals surface area (Å²) >= 11 is 0. The monoisotopic (exact) mass is 352 g/mol. The number of ketones is 1. The molecule has 1 rings (SSSR count). The zero-order chi connectivity index (χ0) is 18.8. The maximum atomic E-state index is 12.0. The zero-order valence-electron chi connectivity index (χ0n) is 15.0. The third-order valence-electron chi connectivity index (χ3n) is 3.23. The summed E-state index contributed by atoms with van der Waals surface area (Å²) in [5, 5.41) is 0. The summed E-state index contributed by atoms with van der Waals surface area (Å²) in [7, 11) is 2.94. The van der Waals surface area contributed by atoms with E-state index < -0.39 is 12.1 Å². The second-order valence-electron chi connectivity index (χ2n) is 5.01. The van der Waals surface area contributed by atoms with Gasteiger partial charge in [-0.3, -0.25) is 9.59 Å². The summed E-state index contributed by atoms with van der Waals surface area (Å²) in [4.78, 5) is 23.7. The van der Waals surface area contributed by atoms with Gasteiger partial charge < -0.3 is 23.7 Å². The van der Waals surface area contributed by atoms with E-state index in [9.17, 15) is 9.59 Å². The predicted molar refractivity (Wildman–Crippen MR) is 90.8 cm³/mol. The maximum Gasteiger partial charge on any atom is 0.306 e. The van der Waals surface area contributed by atoms with Crippen molar-refractivity contribution in [3.8, 4) is 11.5 Å². The van der Waals surface area contributed by atoms with Crippen LogP contribution in [-0.2, 0) is 19.0 Å². The lowest BCUT2D eigenvalue weighted by molar-refractivity contribution is -0.146. The Labute approximate surface area is 147 Å². The average Bonchev–Trinajstić information content (AvgIpc) is 2.61. The quantitative estimate of drug-likeness (QED) is 0.262. The molecule has 0 aliphatic heterocycles. The molecule has 0 radical (unpaired) electrons. The molecular formula is C18H24O7. The summed E-state index contributed by atoms with van der Waals surface area (Å²) in [6.07, 6.45) is 0.774. The fraction of sp³-hybridized carbons (Fsp3) is 0.444. The van der Waals surface area contributed by atoms with E-state index in [0.29, 0.717) is 16.9 Å². The third-order valence-corrected chi connectivity index (χ3v) is 3.23. The molecule has 7 heteroatoms. The van der Waals surface area contributed by atoms with Crippen LogP contribution in [0.2, 0.25) is 0 Å². The predicted octanol–water partition coefficient (Wildman–Crippen LogP) is 3.03. The molecule has 0 heterocycles. The number of carbonyl (C=O) groups is 2. The molecule has 1 atom stereocenters. The topological polar surface area (TPSA) is 80.3 Å².